The molecule has 0 aliphatic carbocycles. The lowest BCUT2D eigenvalue weighted by Gasteiger charge is -2.11. The largest absolute Gasteiger partial charge is 0.494 e. The first kappa shape index (κ1) is 25.6. The Morgan fingerprint density at radius 3 is 2.65 bits per heavy atom. The van der Waals surface area contributed by atoms with Crippen LogP contribution in [0.15, 0.2) is 40.9 Å². The van der Waals surface area contributed by atoms with E-state index in [2.05, 4.69) is 17.1 Å². The number of hydrogen-bond donors (Lipinski definition) is 0. The SMILES string of the molecule is CCOC(=O)CCCCOc1ccc(-c2noc(-c3ccc(OC(C)C)c(Cl)c3)n2)c(CC)c1. The minimum absolute atomic E-state index is 0.0300. The molecule has 0 amide bonds. The van der Waals surface area contributed by atoms with Crippen molar-refractivity contribution in [3.05, 3.63) is 47.0 Å². The molecule has 0 radical (unpaired) electrons. The molecule has 0 saturated heterocycles. The Hall–Kier alpha value is -3.06. The predicted molar refractivity (Wildman–Crippen MR) is 131 cm³/mol. The fourth-order valence-corrected chi connectivity index (χ4v) is 3.62. The Morgan fingerprint density at radius 1 is 1.12 bits per heavy atom. The molecule has 7 nitrogen and oxygen atoms in total. The Labute approximate surface area is 205 Å². The number of benzene rings is 2. The number of carbonyl (C=O) groups is 1. The number of nitrogens with zero attached hydrogens (tertiary/aromatic N) is 2. The van der Waals surface area contributed by atoms with Crippen molar-refractivity contribution in [2.75, 3.05) is 13.2 Å². The first-order valence-corrected chi connectivity index (χ1v) is 12.0. The maximum absolute atomic E-state index is 11.4. The first-order valence-electron chi connectivity index (χ1n) is 11.6. The number of carbonyl (C=O) groups excluding carboxylic acids is 1. The minimum Gasteiger partial charge on any atom is -0.494 e. The average Bonchev–Trinajstić information content (AvgIpc) is 3.30. The van der Waals surface area contributed by atoms with Gasteiger partial charge in [0.1, 0.15) is 11.5 Å². The molecule has 0 bridgehead atoms. The Kier molecular flexibility index (Phi) is 9.33. The standard InChI is InChI=1S/C26H31ClN2O5/c1-5-18-15-20(32-14-8-7-9-24(30)31-6-2)11-12-21(18)25-28-26(34-29-25)19-10-13-23(22(27)16-19)33-17(3)4/h10-13,15-17H,5-9,14H2,1-4H3. The van der Waals surface area contributed by atoms with Gasteiger partial charge in [-0.1, -0.05) is 23.7 Å². The highest BCUT2D eigenvalue weighted by Gasteiger charge is 2.16. The normalized spacial score (nSPS) is 11.0. The van der Waals surface area contributed by atoms with Gasteiger partial charge >= 0.3 is 5.97 Å². The van der Waals surface area contributed by atoms with E-state index in [1.807, 2.05) is 38.1 Å². The van der Waals surface area contributed by atoms with Gasteiger partial charge in [-0.2, -0.15) is 4.98 Å². The summed E-state index contributed by atoms with van der Waals surface area (Å²) in [6.45, 7) is 8.71. The second kappa shape index (κ2) is 12.4. The zero-order valence-electron chi connectivity index (χ0n) is 20.1. The molecule has 0 unspecified atom stereocenters. The van der Waals surface area contributed by atoms with E-state index >= 15 is 0 Å². The van der Waals surface area contributed by atoms with Gasteiger partial charge in [-0.05, 0) is 82.0 Å². The van der Waals surface area contributed by atoms with E-state index in [-0.39, 0.29) is 12.1 Å². The van der Waals surface area contributed by atoms with Crippen LogP contribution in [0.5, 0.6) is 11.5 Å². The van der Waals surface area contributed by atoms with Gasteiger partial charge in [0.05, 0.1) is 24.3 Å². The zero-order chi connectivity index (χ0) is 24.5. The molecule has 0 atom stereocenters. The second-order valence-corrected chi connectivity index (χ2v) is 8.43. The van der Waals surface area contributed by atoms with Crippen LogP contribution in [0.25, 0.3) is 22.8 Å². The molecule has 1 heterocycles. The van der Waals surface area contributed by atoms with E-state index < -0.39 is 0 Å². The molecule has 2 aromatic carbocycles. The monoisotopic (exact) mass is 486 g/mol. The number of esters is 1. The van der Waals surface area contributed by atoms with E-state index in [1.165, 1.54) is 0 Å². The molecule has 0 spiro atoms. The van der Waals surface area contributed by atoms with Crippen LogP contribution in [-0.4, -0.2) is 35.4 Å². The Balaban J connectivity index is 1.65. The molecule has 0 N–H and O–H groups in total. The second-order valence-electron chi connectivity index (χ2n) is 8.02. The summed E-state index contributed by atoms with van der Waals surface area (Å²) in [6, 6.07) is 11.2. The highest BCUT2D eigenvalue weighted by Crippen LogP contribution is 2.32. The number of unbranched alkanes of at least 4 members (excludes halogenated alkanes) is 1. The van der Waals surface area contributed by atoms with Crippen molar-refractivity contribution in [3.63, 3.8) is 0 Å². The summed E-state index contributed by atoms with van der Waals surface area (Å²) in [7, 11) is 0. The summed E-state index contributed by atoms with van der Waals surface area (Å²) in [5, 5.41) is 4.66. The first-order chi connectivity index (χ1) is 16.4. The van der Waals surface area contributed by atoms with Crippen LogP contribution in [0, 0.1) is 0 Å². The van der Waals surface area contributed by atoms with Gasteiger partial charge in [-0.25, -0.2) is 0 Å². The van der Waals surface area contributed by atoms with Gasteiger partial charge in [0.25, 0.3) is 5.89 Å². The number of ether oxygens (including phenoxy) is 3. The van der Waals surface area contributed by atoms with Crippen molar-refractivity contribution in [3.8, 4) is 34.3 Å². The number of hydrogen-bond acceptors (Lipinski definition) is 7. The van der Waals surface area contributed by atoms with E-state index in [9.17, 15) is 4.79 Å². The van der Waals surface area contributed by atoms with Gasteiger partial charge in [0.2, 0.25) is 5.82 Å². The van der Waals surface area contributed by atoms with Crippen molar-refractivity contribution < 1.29 is 23.5 Å². The van der Waals surface area contributed by atoms with Gasteiger partial charge in [-0.15, -0.1) is 0 Å². The molecule has 0 fully saturated rings. The van der Waals surface area contributed by atoms with E-state index in [1.54, 1.807) is 19.1 Å². The van der Waals surface area contributed by atoms with Gasteiger partial charge in [-0.3, -0.25) is 4.79 Å². The lowest BCUT2D eigenvalue weighted by atomic mass is 10.0. The molecule has 182 valence electrons. The third-order valence-corrected chi connectivity index (χ3v) is 5.31. The third kappa shape index (κ3) is 6.97. The summed E-state index contributed by atoms with van der Waals surface area (Å²) < 4.78 is 22.0. The summed E-state index contributed by atoms with van der Waals surface area (Å²) in [4.78, 5) is 16.0. The van der Waals surface area contributed by atoms with Crippen molar-refractivity contribution >= 4 is 17.6 Å². The van der Waals surface area contributed by atoms with Crippen LogP contribution in [0.2, 0.25) is 5.02 Å². The number of halogens is 1. The quantitative estimate of drug-likeness (QED) is 0.213. The maximum Gasteiger partial charge on any atom is 0.305 e. The van der Waals surface area contributed by atoms with Crippen LogP contribution >= 0.6 is 11.6 Å². The lowest BCUT2D eigenvalue weighted by molar-refractivity contribution is -0.143. The molecule has 0 aliphatic heterocycles. The van der Waals surface area contributed by atoms with Crippen LogP contribution in [0.4, 0.5) is 0 Å². The maximum atomic E-state index is 11.4. The fraction of sp³-hybridized carbons (Fsp3) is 0.423. The summed E-state index contributed by atoms with van der Waals surface area (Å²) in [5.41, 5.74) is 2.66. The number of aryl methyl sites for hydroxylation is 1. The minimum atomic E-state index is -0.165. The van der Waals surface area contributed by atoms with Crippen LogP contribution in [0.1, 0.15) is 52.5 Å². The van der Waals surface area contributed by atoms with Crippen molar-refractivity contribution in [1.82, 2.24) is 10.1 Å². The smallest absolute Gasteiger partial charge is 0.305 e. The van der Waals surface area contributed by atoms with Crippen molar-refractivity contribution in [2.45, 2.75) is 59.5 Å². The molecule has 1 aromatic heterocycles. The summed E-state index contributed by atoms with van der Waals surface area (Å²) in [5.74, 6) is 2.11. The fourth-order valence-electron chi connectivity index (χ4n) is 3.40. The van der Waals surface area contributed by atoms with Crippen LogP contribution in [0.3, 0.4) is 0 Å². The topological polar surface area (TPSA) is 83.7 Å². The summed E-state index contributed by atoms with van der Waals surface area (Å²) in [6.07, 6.45) is 2.74. The molecule has 3 aromatic rings. The highest BCUT2D eigenvalue weighted by molar-refractivity contribution is 6.32. The number of rotatable bonds is 12. The van der Waals surface area contributed by atoms with Crippen molar-refractivity contribution in [1.29, 1.82) is 0 Å². The Morgan fingerprint density at radius 2 is 1.94 bits per heavy atom. The molecule has 0 aliphatic rings. The van der Waals surface area contributed by atoms with Gasteiger partial charge < -0.3 is 18.7 Å². The van der Waals surface area contributed by atoms with Crippen LogP contribution in [-0.2, 0) is 16.0 Å². The average molecular weight is 487 g/mol. The molecule has 34 heavy (non-hydrogen) atoms. The highest BCUT2D eigenvalue weighted by atomic mass is 35.5. The van der Waals surface area contributed by atoms with Gasteiger partial charge in [0.15, 0.2) is 0 Å². The number of aromatic nitrogens is 2. The van der Waals surface area contributed by atoms with Gasteiger partial charge in [0, 0.05) is 17.5 Å². The van der Waals surface area contributed by atoms with E-state index in [0.29, 0.717) is 42.1 Å². The van der Waals surface area contributed by atoms with Crippen LogP contribution < -0.4 is 9.47 Å². The summed E-state index contributed by atoms with van der Waals surface area (Å²) >= 11 is 6.35. The van der Waals surface area contributed by atoms with Crippen molar-refractivity contribution in [2.24, 2.45) is 0 Å². The van der Waals surface area contributed by atoms with E-state index in [4.69, 9.17) is 30.3 Å². The lowest BCUT2D eigenvalue weighted by Crippen LogP contribution is -2.05. The third-order valence-electron chi connectivity index (χ3n) is 5.02. The molecule has 3 rings (SSSR count). The Bertz CT molecular complexity index is 1100. The molecule has 0 saturated carbocycles. The zero-order valence-corrected chi connectivity index (χ0v) is 20.9. The predicted octanol–water partition coefficient (Wildman–Crippen LogP) is 6.52. The van der Waals surface area contributed by atoms with E-state index in [0.717, 1.165) is 41.7 Å². The molecule has 8 heteroatoms. The molecular weight excluding hydrogens is 456 g/mol. The molecular formula is C26H31ClN2O5.